The number of nitrogens with zero attached hydrogens (tertiary/aromatic N) is 3. The SMILES string of the molecule is c1ccc(-c2cccc(-c3nc(-c4ccccc4)nc(-c4cccc(-c5cccc6c5ccc5ccc7c8ccccc8ccc7c56)c4)n3)c2)cc1. The topological polar surface area (TPSA) is 38.7 Å². The van der Waals surface area contributed by atoms with Gasteiger partial charge in [0.05, 0.1) is 0 Å². The zero-order valence-electron chi connectivity index (χ0n) is 28.2. The molecule has 0 fully saturated rings. The van der Waals surface area contributed by atoms with Gasteiger partial charge in [-0.1, -0.05) is 176 Å². The minimum absolute atomic E-state index is 0.638. The van der Waals surface area contributed by atoms with E-state index in [0.717, 1.165) is 33.4 Å². The first kappa shape index (κ1) is 29.9. The summed E-state index contributed by atoms with van der Waals surface area (Å²) in [7, 11) is 0. The van der Waals surface area contributed by atoms with Gasteiger partial charge in [0.2, 0.25) is 0 Å². The number of fused-ring (bicyclic) bond motifs is 7. The second-order valence-corrected chi connectivity index (χ2v) is 13.2. The van der Waals surface area contributed by atoms with Crippen molar-refractivity contribution < 1.29 is 0 Å². The van der Waals surface area contributed by atoms with Crippen LogP contribution in [0.3, 0.4) is 0 Å². The van der Waals surface area contributed by atoms with Crippen molar-refractivity contribution >= 4 is 43.1 Å². The second-order valence-electron chi connectivity index (χ2n) is 13.2. The van der Waals surface area contributed by atoms with Gasteiger partial charge in [0.1, 0.15) is 0 Å². The van der Waals surface area contributed by atoms with E-state index in [0.29, 0.717) is 17.5 Å². The Kier molecular flexibility index (Phi) is 7.14. The van der Waals surface area contributed by atoms with Crippen LogP contribution in [-0.4, -0.2) is 15.0 Å². The summed E-state index contributed by atoms with van der Waals surface area (Å²) >= 11 is 0. The first-order valence-electron chi connectivity index (χ1n) is 17.6. The molecule has 1 aromatic heterocycles. The van der Waals surface area contributed by atoms with E-state index in [-0.39, 0.29) is 0 Å². The Labute approximate surface area is 301 Å². The Hall–Kier alpha value is -6.97. The number of benzene rings is 9. The summed E-state index contributed by atoms with van der Waals surface area (Å²) in [6, 6.07) is 66.5. The Morgan fingerprint density at radius 1 is 0.250 bits per heavy atom. The predicted molar refractivity (Wildman–Crippen MR) is 217 cm³/mol. The van der Waals surface area contributed by atoms with Crippen LogP contribution in [0.4, 0.5) is 0 Å². The van der Waals surface area contributed by atoms with Crippen LogP contribution >= 0.6 is 0 Å². The third-order valence-corrected chi connectivity index (χ3v) is 10.1. The molecular formula is C49H31N3. The molecule has 3 nitrogen and oxygen atoms in total. The molecule has 242 valence electrons. The molecule has 0 atom stereocenters. The zero-order chi connectivity index (χ0) is 34.4. The van der Waals surface area contributed by atoms with Crippen LogP contribution in [-0.2, 0) is 0 Å². The van der Waals surface area contributed by atoms with Gasteiger partial charge < -0.3 is 0 Å². The van der Waals surface area contributed by atoms with Gasteiger partial charge in [-0.3, -0.25) is 0 Å². The molecule has 9 aromatic carbocycles. The quantitative estimate of drug-likeness (QED) is 0.172. The molecule has 0 bridgehead atoms. The third-order valence-electron chi connectivity index (χ3n) is 10.1. The zero-order valence-corrected chi connectivity index (χ0v) is 28.2. The standard InChI is InChI=1S/C49H31N3/c1-3-12-32(13-4-1)36-17-9-19-38(30-36)48-50-47(35-15-5-2-6-16-35)51-49(52-48)39-20-10-18-37(31-39)41-22-11-23-44-43(41)28-26-34-25-27-42-40-21-8-7-14-33(40)24-29-45(42)46(34)44/h1-31H. The molecule has 0 unspecified atom stereocenters. The maximum atomic E-state index is 5.11. The van der Waals surface area contributed by atoms with Gasteiger partial charge in [-0.05, 0) is 77.5 Å². The molecule has 0 saturated carbocycles. The van der Waals surface area contributed by atoms with Crippen molar-refractivity contribution in [3.8, 4) is 56.4 Å². The predicted octanol–water partition coefficient (Wildman–Crippen LogP) is 12.8. The van der Waals surface area contributed by atoms with Crippen molar-refractivity contribution in [2.75, 3.05) is 0 Å². The van der Waals surface area contributed by atoms with Crippen molar-refractivity contribution in [1.82, 2.24) is 15.0 Å². The van der Waals surface area contributed by atoms with Gasteiger partial charge in [-0.15, -0.1) is 0 Å². The van der Waals surface area contributed by atoms with E-state index in [1.54, 1.807) is 0 Å². The van der Waals surface area contributed by atoms with Crippen LogP contribution < -0.4 is 0 Å². The van der Waals surface area contributed by atoms with E-state index in [2.05, 4.69) is 152 Å². The van der Waals surface area contributed by atoms with Gasteiger partial charge in [-0.25, -0.2) is 15.0 Å². The molecule has 0 aliphatic rings. The van der Waals surface area contributed by atoms with Crippen LogP contribution in [0.5, 0.6) is 0 Å². The first-order chi connectivity index (χ1) is 25.8. The number of hydrogen-bond donors (Lipinski definition) is 0. The van der Waals surface area contributed by atoms with E-state index in [1.165, 1.54) is 48.7 Å². The minimum atomic E-state index is 0.638. The molecule has 1 heterocycles. The largest absolute Gasteiger partial charge is 0.208 e. The molecule has 0 saturated heterocycles. The van der Waals surface area contributed by atoms with Crippen molar-refractivity contribution in [3.05, 3.63) is 188 Å². The minimum Gasteiger partial charge on any atom is -0.208 e. The highest BCUT2D eigenvalue weighted by Crippen LogP contribution is 2.39. The van der Waals surface area contributed by atoms with Gasteiger partial charge >= 0.3 is 0 Å². The summed E-state index contributed by atoms with van der Waals surface area (Å²) in [5, 5.41) is 10.1. The molecule has 0 amide bonds. The van der Waals surface area contributed by atoms with E-state index in [1.807, 2.05) is 36.4 Å². The Bertz CT molecular complexity index is 2950. The van der Waals surface area contributed by atoms with Crippen molar-refractivity contribution in [2.45, 2.75) is 0 Å². The molecule has 0 aliphatic heterocycles. The van der Waals surface area contributed by atoms with Crippen LogP contribution in [0, 0.1) is 0 Å². The smallest absolute Gasteiger partial charge is 0.164 e. The molecule has 0 N–H and O–H groups in total. The lowest BCUT2D eigenvalue weighted by Crippen LogP contribution is -2.00. The van der Waals surface area contributed by atoms with Crippen LogP contribution in [0.2, 0.25) is 0 Å². The van der Waals surface area contributed by atoms with E-state index in [9.17, 15) is 0 Å². The highest BCUT2D eigenvalue weighted by atomic mass is 15.0. The summed E-state index contributed by atoms with van der Waals surface area (Å²) in [6.07, 6.45) is 0. The molecule has 10 rings (SSSR count). The summed E-state index contributed by atoms with van der Waals surface area (Å²) in [6.45, 7) is 0. The van der Waals surface area contributed by atoms with Crippen LogP contribution in [0.15, 0.2) is 188 Å². The monoisotopic (exact) mass is 661 g/mol. The molecule has 3 heteroatoms. The van der Waals surface area contributed by atoms with Crippen molar-refractivity contribution in [3.63, 3.8) is 0 Å². The molecule has 0 radical (unpaired) electrons. The van der Waals surface area contributed by atoms with Gasteiger partial charge in [0, 0.05) is 16.7 Å². The highest BCUT2D eigenvalue weighted by molar-refractivity contribution is 6.25. The maximum Gasteiger partial charge on any atom is 0.164 e. The lowest BCUT2D eigenvalue weighted by Gasteiger charge is -2.14. The lowest BCUT2D eigenvalue weighted by atomic mass is 9.90. The van der Waals surface area contributed by atoms with Gasteiger partial charge in [0.15, 0.2) is 17.5 Å². The summed E-state index contributed by atoms with van der Waals surface area (Å²) in [4.78, 5) is 15.2. The Morgan fingerprint density at radius 2 is 0.731 bits per heavy atom. The molecular weight excluding hydrogens is 631 g/mol. The van der Waals surface area contributed by atoms with Crippen molar-refractivity contribution in [1.29, 1.82) is 0 Å². The first-order valence-corrected chi connectivity index (χ1v) is 17.6. The van der Waals surface area contributed by atoms with E-state index in [4.69, 9.17) is 15.0 Å². The van der Waals surface area contributed by atoms with Gasteiger partial charge in [-0.2, -0.15) is 0 Å². The highest BCUT2D eigenvalue weighted by Gasteiger charge is 2.15. The molecule has 52 heavy (non-hydrogen) atoms. The second kappa shape index (κ2) is 12.4. The molecule has 0 aliphatic carbocycles. The summed E-state index contributed by atoms with van der Waals surface area (Å²) in [5.41, 5.74) is 7.39. The number of aromatic nitrogens is 3. The number of hydrogen-bond acceptors (Lipinski definition) is 3. The fourth-order valence-corrected chi connectivity index (χ4v) is 7.58. The van der Waals surface area contributed by atoms with Gasteiger partial charge in [0.25, 0.3) is 0 Å². The summed E-state index contributed by atoms with van der Waals surface area (Å²) < 4.78 is 0. The lowest BCUT2D eigenvalue weighted by molar-refractivity contribution is 1.07. The van der Waals surface area contributed by atoms with Crippen molar-refractivity contribution in [2.24, 2.45) is 0 Å². The Balaban J connectivity index is 1.13. The number of rotatable bonds is 5. The summed E-state index contributed by atoms with van der Waals surface area (Å²) in [5.74, 6) is 1.93. The molecule has 0 spiro atoms. The average molecular weight is 662 g/mol. The maximum absolute atomic E-state index is 5.11. The van der Waals surface area contributed by atoms with Crippen LogP contribution in [0.25, 0.3) is 99.5 Å². The van der Waals surface area contributed by atoms with E-state index >= 15 is 0 Å². The Morgan fingerprint density at radius 3 is 1.48 bits per heavy atom. The average Bonchev–Trinajstić information content (AvgIpc) is 3.23. The fourth-order valence-electron chi connectivity index (χ4n) is 7.58. The third kappa shape index (κ3) is 5.19. The normalized spacial score (nSPS) is 11.5. The van der Waals surface area contributed by atoms with E-state index < -0.39 is 0 Å². The molecule has 10 aromatic rings. The van der Waals surface area contributed by atoms with Crippen LogP contribution in [0.1, 0.15) is 0 Å². The fraction of sp³-hybridized carbons (Fsp3) is 0.